The Balaban J connectivity index is 3.68. The summed E-state index contributed by atoms with van der Waals surface area (Å²) in [7, 11) is 0. The highest BCUT2D eigenvalue weighted by molar-refractivity contribution is 5.40. The summed E-state index contributed by atoms with van der Waals surface area (Å²) in [6.45, 7) is 15.0. The van der Waals surface area contributed by atoms with Gasteiger partial charge in [-0.05, 0) is 40.0 Å². The van der Waals surface area contributed by atoms with Crippen LogP contribution in [0.25, 0.3) is 0 Å². The van der Waals surface area contributed by atoms with E-state index in [9.17, 15) is 9.90 Å². The number of aromatic nitrogens is 2. The van der Waals surface area contributed by atoms with Gasteiger partial charge in [0, 0.05) is 11.3 Å². The zero-order chi connectivity index (χ0) is 16.1. The largest absolute Gasteiger partial charge is 0.387 e. The normalized spacial score (nSPS) is 16.1. The van der Waals surface area contributed by atoms with E-state index in [0.29, 0.717) is 0 Å². The number of anilines is 1. The first kappa shape index (κ1) is 16.7. The lowest BCUT2D eigenvalue weighted by Crippen LogP contribution is -2.60. The van der Waals surface area contributed by atoms with Crippen molar-refractivity contribution in [2.45, 2.75) is 66.5 Å². The van der Waals surface area contributed by atoms with Gasteiger partial charge in [-0.2, -0.15) is 4.98 Å². The van der Waals surface area contributed by atoms with Crippen LogP contribution in [-0.4, -0.2) is 20.3 Å². The monoisotopic (exact) mass is 281 g/mol. The Morgan fingerprint density at radius 2 is 1.55 bits per heavy atom. The number of aliphatic hydroxyl groups is 1. The minimum atomic E-state index is -1.11. The van der Waals surface area contributed by atoms with Gasteiger partial charge in [-0.3, -0.25) is 4.57 Å². The Kier molecular flexibility index (Phi) is 3.83. The van der Waals surface area contributed by atoms with Crippen molar-refractivity contribution in [2.24, 2.45) is 5.41 Å². The van der Waals surface area contributed by atoms with Gasteiger partial charge in [0.1, 0.15) is 5.82 Å². The molecule has 0 aliphatic heterocycles. The van der Waals surface area contributed by atoms with Gasteiger partial charge in [0.2, 0.25) is 0 Å². The molecule has 1 aromatic heterocycles. The number of nitrogens with two attached hydrogens (primary N) is 1. The first-order chi connectivity index (χ1) is 8.75. The maximum atomic E-state index is 12.3. The summed E-state index contributed by atoms with van der Waals surface area (Å²) in [4.78, 5) is 16.2. The molecule has 20 heavy (non-hydrogen) atoms. The second-order valence-corrected chi connectivity index (χ2v) is 7.21. The molecule has 0 aliphatic rings. The van der Waals surface area contributed by atoms with E-state index < -0.39 is 22.2 Å². The highest BCUT2D eigenvalue weighted by Crippen LogP contribution is 2.42. The van der Waals surface area contributed by atoms with Crippen LogP contribution in [0.15, 0.2) is 4.79 Å². The number of nitrogen functional groups attached to an aromatic ring is 1. The highest BCUT2D eigenvalue weighted by atomic mass is 16.3. The van der Waals surface area contributed by atoms with Gasteiger partial charge >= 0.3 is 5.69 Å². The fourth-order valence-corrected chi connectivity index (χ4v) is 2.53. The molecule has 1 heterocycles. The highest BCUT2D eigenvalue weighted by Gasteiger charge is 2.50. The van der Waals surface area contributed by atoms with Crippen LogP contribution in [0.5, 0.6) is 0 Å². The van der Waals surface area contributed by atoms with E-state index in [1.807, 2.05) is 48.5 Å². The molecule has 0 radical (unpaired) electrons. The van der Waals surface area contributed by atoms with Crippen molar-refractivity contribution in [2.75, 3.05) is 5.73 Å². The molecule has 1 aromatic rings. The third-order valence-corrected chi connectivity index (χ3v) is 4.88. The second kappa shape index (κ2) is 4.58. The van der Waals surface area contributed by atoms with Crippen molar-refractivity contribution < 1.29 is 5.11 Å². The van der Waals surface area contributed by atoms with Gasteiger partial charge in [-0.1, -0.05) is 20.8 Å². The minimum Gasteiger partial charge on any atom is -0.387 e. The first-order valence-electron chi connectivity index (χ1n) is 6.83. The van der Waals surface area contributed by atoms with Crippen molar-refractivity contribution in [1.82, 2.24) is 9.55 Å². The summed E-state index contributed by atoms with van der Waals surface area (Å²) in [6, 6.07) is 0. The van der Waals surface area contributed by atoms with Gasteiger partial charge in [-0.15, -0.1) is 0 Å². The smallest absolute Gasteiger partial charge is 0.350 e. The van der Waals surface area contributed by atoms with E-state index in [1.54, 1.807) is 11.5 Å². The maximum Gasteiger partial charge on any atom is 0.350 e. The van der Waals surface area contributed by atoms with E-state index in [0.717, 1.165) is 11.3 Å². The second-order valence-electron chi connectivity index (χ2n) is 7.21. The molecule has 0 spiro atoms. The molecule has 5 heteroatoms. The molecule has 1 unspecified atom stereocenters. The average Bonchev–Trinajstić information content (AvgIpc) is 2.23. The lowest BCUT2D eigenvalue weighted by Gasteiger charge is -2.50. The van der Waals surface area contributed by atoms with Crippen molar-refractivity contribution in [3.8, 4) is 0 Å². The van der Waals surface area contributed by atoms with E-state index in [4.69, 9.17) is 5.73 Å². The van der Waals surface area contributed by atoms with Gasteiger partial charge < -0.3 is 10.8 Å². The van der Waals surface area contributed by atoms with Crippen LogP contribution >= 0.6 is 0 Å². The van der Waals surface area contributed by atoms with Crippen LogP contribution < -0.4 is 11.4 Å². The van der Waals surface area contributed by atoms with Crippen LogP contribution in [0.2, 0.25) is 0 Å². The summed E-state index contributed by atoms with van der Waals surface area (Å²) in [5.41, 5.74) is 4.47. The van der Waals surface area contributed by atoms with Gasteiger partial charge in [0.25, 0.3) is 0 Å². The van der Waals surface area contributed by atoms with Crippen molar-refractivity contribution >= 4 is 5.82 Å². The van der Waals surface area contributed by atoms with Crippen molar-refractivity contribution in [3.63, 3.8) is 0 Å². The summed E-state index contributed by atoms with van der Waals surface area (Å²) < 4.78 is 1.55. The fourth-order valence-electron chi connectivity index (χ4n) is 2.53. The zero-order valence-electron chi connectivity index (χ0n) is 13.8. The van der Waals surface area contributed by atoms with Gasteiger partial charge in [0.05, 0.1) is 11.1 Å². The molecular formula is C15H27N3O2. The predicted octanol–water partition coefficient (Wildman–Crippen LogP) is 1.97. The molecule has 1 rings (SSSR count). The van der Waals surface area contributed by atoms with Gasteiger partial charge in [-0.25, -0.2) is 4.79 Å². The summed E-state index contributed by atoms with van der Waals surface area (Å²) in [5, 5.41) is 11.0. The van der Waals surface area contributed by atoms with Crippen molar-refractivity contribution in [3.05, 3.63) is 21.7 Å². The molecule has 0 aromatic carbocycles. The van der Waals surface area contributed by atoms with Crippen LogP contribution in [0.4, 0.5) is 5.82 Å². The Morgan fingerprint density at radius 1 is 1.10 bits per heavy atom. The number of hydrogen-bond acceptors (Lipinski definition) is 4. The quantitative estimate of drug-likeness (QED) is 0.868. The standard InChI is InChI=1S/C15H27N3O2/c1-9-10(2)18(12(19)17-11(9)16)14(6,7)15(8,20)13(3,4)5/h20H,1-8H3,(H2,16,17,19). The zero-order valence-corrected chi connectivity index (χ0v) is 13.8. The third kappa shape index (κ3) is 2.24. The third-order valence-electron chi connectivity index (χ3n) is 4.88. The fraction of sp³-hybridized carbons (Fsp3) is 0.733. The minimum absolute atomic E-state index is 0.245. The SMILES string of the molecule is Cc1c(N)nc(=O)n(C(C)(C)C(C)(O)C(C)(C)C)c1C. The van der Waals surface area contributed by atoms with Crippen LogP contribution in [0, 0.1) is 19.3 Å². The maximum absolute atomic E-state index is 12.3. The topological polar surface area (TPSA) is 81.1 Å². The van der Waals surface area contributed by atoms with E-state index in [2.05, 4.69) is 4.98 Å². The van der Waals surface area contributed by atoms with E-state index >= 15 is 0 Å². The molecule has 114 valence electrons. The van der Waals surface area contributed by atoms with E-state index in [1.165, 1.54) is 0 Å². The summed E-state index contributed by atoms with van der Waals surface area (Å²) in [6.07, 6.45) is 0. The molecule has 0 saturated carbocycles. The molecule has 5 nitrogen and oxygen atoms in total. The molecule has 3 N–H and O–H groups in total. The Hall–Kier alpha value is -1.36. The Labute approximate surface area is 120 Å². The van der Waals surface area contributed by atoms with Gasteiger partial charge in [0.15, 0.2) is 0 Å². The summed E-state index contributed by atoms with van der Waals surface area (Å²) in [5.74, 6) is 0.245. The predicted molar refractivity (Wildman–Crippen MR) is 81.8 cm³/mol. The molecule has 0 fully saturated rings. The lowest BCUT2D eigenvalue weighted by atomic mass is 9.67. The lowest BCUT2D eigenvalue weighted by molar-refractivity contribution is -0.123. The van der Waals surface area contributed by atoms with Crippen molar-refractivity contribution in [1.29, 1.82) is 0 Å². The number of rotatable bonds is 2. The molecular weight excluding hydrogens is 254 g/mol. The Morgan fingerprint density at radius 3 is 1.95 bits per heavy atom. The Bertz CT molecular complexity index is 578. The average molecular weight is 281 g/mol. The molecule has 0 aliphatic carbocycles. The van der Waals surface area contributed by atoms with Crippen LogP contribution in [0.1, 0.15) is 52.8 Å². The van der Waals surface area contributed by atoms with Crippen LogP contribution in [-0.2, 0) is 5.54 Å². The molecule has 1 atom stereocenters. The summed E-state index contributed by atoms with van der Waals surface area (Å²) >= 11 is 0. The van der Waals surface area contributed by atoms with E-state index in [-0.39, 0.29) is 5.82 Å². The first-order valence-corrected chi connectivity index (χ1v) is 6.83. The molecule has 0 amide bonds. The molecule has 0 saturated heterocycles. The van der Waals surface area contributed by atoms with Crippen LogP contribution in [0.3, 0.4) is 0 Å². The molecule has 0 bridgehead atoms. The number of nitrogens with zero attached hydrogens (tertiary/aromatic N) is 2. The number of hydrogen-bond donors (Lipinski definition) is 2.